The van der Waals surface area contributed by atoms with Gasteiger partial charge in [-0.05, 0) is 13.3 Å². The smallest absolute Gasteiger partial charge is 0.223 e. The molecule has 0 radical (unpaired) electrons. The van der Waals surface area contributed by atoms with Crippen molar-refractivity contribution in [3.05, 3.63) is 11.6 Å². The van der Waals surface area contributed by atoms with Crippen molar-refractivity contribution >= 4 is 5.95 Å². The molecule has 1 aromatic rings. The Morgan fingerprint density at radius 3 is 2.55 bits per heavy atom. The monoisotopic (exact) mass is 152 g/mol. The Hall–Kier alpha value is -1.19. The van der Waals surface area contributed by atoms with E-state index < -0.39 is 0 Å². The Balaban J connectivity index is 2.89. The molecule has 0 aromatic carbocycles. The van der Waals surface area contributed by atoms with Crippen LogP contribution < -0.4 is 5.73 Å². The van der Waals surface area contributed by atoms with Crippen molar-refractivity contribution in [1.29, 1.82) is 0 Å². The molecule has 1 rings (SSSR count). The molecule has 0 aliphatic rings. The Morgan fingerprint density at radius 2 is 2.00 bits per heavy atom. The van der Waals surface area contributed by atoms with Gasteiger partial charge in [0.15, 0.2) is 0 Å². The van der Waals surface area contributed by atoms with Crippen LogP contribution in [0.25, 0.3) is 0 Å². The SMILES string of the molecule is CCCc1nc(C)nc(N)n1. The zero-order chi connectivity index (χ0) is 8.27. The van der Waals surface area contributed by atoms with Gasteiger partial charge >= 0.3 is 0 Å². The predicted molar refractivity (Wildman–Crippen MR) is 43.0 cm³/mol. The molecule has 0 spiro atoms. The van der Waals surface area contributed by atoms with Gasteiger partial charge in [-0.25, -0.2) is 4.98 Å². The van der Waals surface area contributed by atoms with Crippen LogP contribution in [0.15, 0.2) is 0 Å². The number of aromatic nitrogens is 3. The van der Waals surface area contributed by atoms with Gasteiger partial charge in [0.05, 0.1) is 0 Å². The first-order valence-corrected chi connectivity index (χ1v) is 3.69. The van der Waals surface area contributed by atoms with Gasteiger partial charge in [-0.2, -0.15) is 9.97 Å². The first kappa shape index (κ1) is 7.91. The van der Waals surface area contributed by atoms with Crippen molar-refractivity contribution in [2.75, 3.05) is 5.73 Å². The van der Waals surface area contributed by atoms with E-state index in [4.69, 9.17) is 5.73 Å². The third kappa shape index (κ3) is 2.14. The van der Waals surface area contributed by atoms with Crippen molar-refractivity contribution in [1.82, 2.24) is 15.0 Å². The van der Waals surface area contributed by atoms with Crippen LogP contribution in [0.2, 0.25) is 0 Å². The molecule has 4 nitrogen and oxygen atoms in total. The van der Waals surface area contributed by atoms with Gasteiger partial charge in [0.1, 0.15) is 11.6 Å². The fourth-order valence-corrected chi connectivity index (χ4v) is 0.895. The average molecular weight is 152 g/mol. The molecular weight excluding hydrogens is 140 g/mol. The van der Waals surface area contributed by atoms with Crippen LogP contribution in [0.3, 0.4) is 0 Å². The summed E-state index contributed by atoms with van der Waals surface area (Å²) in [6.07, 6.45) is 1.90. The second-order valence-corrected chi connectivity index (χ2v) is 2.41. The summed E-state index contributed by atoms with van der Waals surface area (Å²) < 4.78 is 0. The van der Waals surface area contributed by atoms with Crippen molar-refractivity contribution in [2.24, 2.45) is 0 Å². The van der Waals surface area contributed by atoms with E-state index in [1.165, 1.54) is 0 Å². The Bertz CT molecular complexity index is 226. The van der Waals surface area contributed by atoms with Gasteiger partial charge in [0.25, 0.3) is 0 Å². The zero-order valence-electron chi connectivity index (χ0n) is 6.83. The summed E-state index contributed by atoms with van der Waals surface area (Å²) >= 11 is 0. The van der Waals surface area contributed by atoms with Gasteiger partial charge < -0.3 is 5.73 Å². The highest BCUT2D eigenvalue weighted by atomic mass is 15.1. The number of nitrogens with two attached hydrogens (primary N) is 1. The summed E-state index contributed by atoms with van der Waals surface area (Å²) in [6, 6.07) is 0. The van der Waals surface area contributed by atoms with Crippen molar-refractivity contribution in [2.45, 2.75) is 26.7 Å². The van der Waals surface area contributed by atoms with E-state index in [0.29, 0.717) is 11.8 Å². The summed E-state index contributed by atoms with van der Waals surface area (Å²) in [4.78, 5) is 12.0. The fraction of sp³-hybridized carbons (Fsp3) is 0.571. The lowest BCUT2D eigenvalue weighted by molar-refractivity contribution is 0.805. The molecule has 0 aliphatic heterocycles. The molecule has 11 heavy (non-hydrogen) atoms. The molecule has 4 heteroatoms. The number of rotatable bonds is 2. The molecule has 0 bridgehead atoms. The minimum absolute atomic E-state index is 0.320. The van der Waals surface area contributed by atoms with Gasteiger partial charge in [-0.15, -0.1) is 0 Å². The van der Waals surface area contributed by atoms with E-state index in [2.05, 4.69) is 21.9 Å². The molecule has 1 heterocycles. The van der Waals surface area contributed by atoms with Gasteiger partial charge in [0, 0.05) is 6.42 Å². The van der Waals surface area contributed by atoms with Crippen LogP contribution in [-0.2, 0) is 6.42 Å². The highest BCUT2D eigenvalue weighted by molar-refractivity contribution is 5.15. The third-order valence-corrected chi connectivity index (χ3v) is 1.28. The lowest BCUT2D eigenvalue weighted by atomic mass is 10.3. The summed E-state index contributed by atoms with van der Waals surface area (Å²) in [7, 11) is 0. The maximum atomic E-state index is 5.43. The van der Waals surface area contributed by atoms with Crippen LogP contribution in [0.1, 0.15) is 25.0 Å². The first-order valence-electron chi connectivity index (χ1n) is 3.69. The Labute approximate surface area is 65.9 Å². The minimum Gasteiger partial charge on any atom is -0.368 e. The minimum atomic E-state index is 0.320. The first-order chi connectivity index (χ1) is 5.22. The third-order valence-electron chi connectivity index (χ3n) is 1.28. The maximum absolute atomic E-state index is 5.43. The van der Waals surface area contributed by atoms with E-state index in [9.17, 15) is 0 Å². The number of anilines is 1. The van der Waals surface area contributed by atoms with Crippen molar-refractivity contribution in [3.8, 4) is 0 Å². The predicted octanol–water partition coefficient (Wildman–Crippen LogP) is 0.715. The van der Waals surface area contributed by atoms with Crippen LogP contribution >= 0.6 is 0 Å². The molecule has 0 amide bonds. The Morgan fingerprint density at radius 1 is 1.27 bits per heavy atom. The number of nitrogen functional groups attached to an aromatic ring is 1. The van der Waals surface area contributed by atoms with Crippen molar-refractivity contribution < 1.29 is 0 Å². The molecular formula is C7H12N4. The lowest BCUT2D eigenvalue weighted by Gasteiger charge is -1.98. The van der Waals surface area contributed by atoms with Gasteiger partial charge in [0.2, 0.25) is 5.95 Å². The van der Waals surface area contributed by atoms with Crippen molar-refractivity contribution in [3.63, 3.8) is 0 Å². The van der Waals surface area contributed by atoms with Gasteiger partial charge in [-0.1, -0.05) is 6.92 Å². The molecule has 2 N–H and O–H groups in total. The standard InChI is InChI=1S/C7H12N4/c1-3-4-6-9-5(2)10-7(8)11-6/h3-4H2,1-2H3,(H2,8,9,10,11). The largest absolute Gasteiger partial charge is 0.368 e. The maximum Gasteiger partial charge on any atom is 0.223 e. The zero-order valence-corrected chi connectivity index (χ0v) is 6.83. The fourth-order valence-electron chi connectivity index (χ4n) is 0.895. The van der Waals surface area contributed by atoms with E-state index in [1.807, 2.05) is 6.92 Å². The number of hydrogen-bond donors (Lipinski definition) is 1. The summed E-state index contributed by atoms with van der Waals surface area (Å²) in [6.45, 7) is 3.90. The molecule has 1 aromatic heterocycles. The van der Waals surface area contributed by atoms with Crippen LogP contribution in [-0.4, -0.2) is 15.0 Å². The topological polar surface area (TPSA) is 64.7 Å². The van der Waals surface area contributed by atoms with E-state index in [1.54, 1.807) is 0 Å². The molecule has 0 unspecified atom stereocenters. The molecule has 0 saturated heterocycles. The molecule has 60 valence electrons. The number of nitrogens with zero attached hydrogens (tertiary/aromatic N) is 3. The highest BCUT2D eigenvalue weighted by Gasteiger charge is 1.98. The van der Waals surface area contributed by atoms with E-state index in [-0.39, 0.29) is 0 Å². The Kier molecular flexibility index (Phi) is 2.36. The van der Waals surface area contributed by atoms with Crippen LogP contribution in [0.5, 0.6) is 0 Å². The average Bonchev–Trinajstić information content (AvgIpc) is 1.85. The summed E-state index contributed by atoms with van der Waals surface area (Å²) in [5.74, 6) is 1.81. The molecule has 0 atom stereocenters. The summed E-state index contributed by atoms with van der Waals surface area (Å²) in [5.41, 5.74) is 5.43. The normalized spacial score (nSPS) is 10.0. The molecule has 0 fully saturated rings. The quantitative estimate of drug-likeness (QED) is 0.678. The van der Waals surface area contributed by atoms with Crippen LogP contribution in [0.4, 0.5) is 5.95 Å². The van der Waals surface area contributed by atoms with Gasteiger partial charge in [-0.3, -0.25) is 0 Å². The summed E-state index contributed by atoms with van der Waals surface area (Å²) in [5, 5.41) is 0. The number of aryl methyl sites for hydroxylation is 2. The van der Waals surface area contributed by atoms with E-state index >= 15 is 0 Å². The van der Waals surface area contributed by atoms with Crippen LogP contribution in [0, 0.1) is 6.92 Å². The number of hydrogen-bond acceptors (Lipinski definition) is 4. The second-order valence-electron chi connectivity index (χ2n) is 2.41. The highest BCUT2D eigenvalue weighted by Crippen LogP contribution is 1.98. The lowest BCUT2D eigenvalue weighted by Crippen LogP contribution is -2.04. The molecule has 0 saturated carbocycles. The second kappa shape index (κ2) is 3.27. The van der Waals surface area contributed by atoms with E-state index in [0.717, 1.165) is 18.7 Å². The molecule has 0 aliphatic carbocycles.